The number of hydrogen-bond donors (Lipinski definition) is 0. The van der Waals surface area contributed by atoms with Crippen molar-refractivity contribution in [3.63, 3.8) is 0 Å². The van der Waals surface area contributed by atoms with Crippen molar-refractivity contribution < 1.29 is 27.4 Å². The van der Waals surface area contributed by atoms with Crippen LogP contribution in [0.4, 0.5) is 13.2 Å². The Morgan fingerprint density at radius 2 is 1.69 bits per heavy atom. The van der Waals surface area contributed by atoms with Crippen LogP contribution < -0.4 is 9.47 Å². The number of halogens is 3. The largest absolute Gasteiger partial charge is 0.573 e. The Labute approximate surface area is 208 Å². The molecule has 1 aromatic heterocycles. The van der Waals surface area contributed by atoms with Crippen LogP contribution in [0.15, 0.2) is 67.0 Å². The van der Waals surface area contributed by atoms with Crippen LogP contribution in [-0.2, 0) is 17.9 Å². The van der Waals surface area contributed by atoms with Gasteiger partial charge in [-0.3, -0.25) is 9.69 Å². The molecule has 36 heavy (non-hydrogen) atoms. The lowest BCUT2D eigenvalue weighted by Gasteiger charge is -2.25. The quantitative estimate of drug-likeness (QED) is 0.459. The maximum Gasteiger partial charge on any atom is 0.573 e. The Balaban J connectivity index is 1.28. The molecule has 1 amide bonds. The van der Waals surface area contributed by atoms with Crippen molar-refractivity contribution in [3.05, 3.63) is 78.4 Å². The number of benzene rings is 2. The summed E-state index contributed by atoms with van der Waals surface area (Å²) in [5.74, 6) is 0.782. The van der Waals surface area contributed by atoms with E-state index in [0.29, 0.717) is 31.9 Å². The van der Waals surface area contributed by atoms with Gasteiger partial charge in [0.25, 0.3) is 5.91 Å². The van der Waals surface area contributed by atoms with Gasteiger partial charge in [-0.05, 0) is 43.2 Å². The van der Waals surface area contributed by atoms with Crippen LogP contribution in [0.2, 0.25) is 0 Å². The minimum Gasteiger partial charge on any atom is -0.481 e. The molecule has 0 saturated carbocycles. The summed E-state index contributed by atoms with van der Waals surface area (Å²) in [6.45, 7) is 5.82. The van der Waals surface area contributed by atoms with Crippen LogP contribution in [0.5, 0.6) is 11.5 Å². The number of carbonyl (C=O) groups is 1. The second kappa shape index (κ2) is 11.5. The van der Waals surface area contributed by atoms with E-state index in [-0.39, 0.29) is 11.7 Å². The third kappa shape index (κ3) is 7.24. The highest BCUT2D eigenvalue weighted by Gasteiger charge is 2.31. The Kier molecular flexibility index (Phi) is 8.14. The van der Waals surface area contributed by atoms with Gasteiger partial charge in [-0.25, -0.2) is 4.98 Å². The number of hydrogen-bond acceptors (Lipinski definition) is 5. The molecule has 0 spiro atoms. The predicted molar refractivity (Wildman–Crippen MR) is 127 cm³/mol. The maximum atomic E-state index is 13.0. The van der Waals surface area contributed by atoms with Crippen molar-refractivity contribution in [2.45, 2.75) is 38.9 Å². The maximum absolute atomic E-state index is 13.0. The van der Waals surface area contributed by atoms with Crippen LogP contribution in [0.25, 0.3) is 0 Å². The van der Waals surface area contributed by atoms with E-state index >= 15 is 0 Å². The van der Waals surface area contributed by atoms with Gasteiger partial charge in [-0.1, -0.05) is 30.3 Å². The highest BCUT2D eigenvalue weighted by atomic mass is 19.4. The first-order valence-corrected chi connectivity index (χ1v) is 11.8. The molecule has 1 unspecified atom stereocenters. The fraction of sp³-hybridized carbons (Fsp3) is 0.385. The summed E-state index contributed by atoms with van der Waals surface area (Å²) in [6.07, 6.45) is -0.909. The monoisotopic (exact) mass is 502 g/mol. The number of ether oxygens (including phenoxy) is 2. The molecule has 2 heterocycles. The van der Waals surface area contributed by atoms with Gasteiger partial charge in [-0.15, -0.1) is 13.2 Å². The Bertz CT molecular complexity index is 1120. The molecule has 0 bridgehead atoms. The van der Waals surface area contributed by atoms with Crippen molar-refractivity contribution in [2.75, 3.05) is 26.2 Å². The van der Waals surface area contributed by atoms with Gasteiger partial charge in [-0.2, -0.15) is 0 Å². The normalized spacial score (nSPS) is 15.8. The molecule has 192 valence electrons. The molecule has 1 aliphatic heterocycles. The number of carbonyl (C=O) groups excluding carboxylic acids is 1. The van der Waals surface area contributed by atoms with E-state index in [1.54, 1.807) is 11.8 Å². The van der Waals surface area contributed by atoms with Crippen LogP contribution in [0.1, 0.15) is 24.7 Å². The number of rotatable bonds is 8. The summed E-state index contributed by atoms with van der Waals surface area (Å²) < 4.78 is 48.7. The molecule has 0 N–H and O–H groups in total. The molecule has 0 radical (unpaired) electrons. The first kappa shape index (κ1) is 25.6. The van der Waals surface area contributed by atoms with Gasteiger partial charge in [0, 0.05) is 45.1 Å². The third-order valence-corrected chi connectivity index (χ3v) is 5.98. The highest BCUT2D eigenvalue weighted by molar-refractivity contribution is 5.81. The summed E-state index contributed by atoms with van der Waals surface area (Å²) >= 11 is 0. The third-order valence-electron chi connectivity index (χ3n) is 5.98. The fourth-order valence-corrected chi connectivity index (χ4v) is 4.20. The average molecular weight is 503 g/mol. The van der Waals surface area contributed by atoms with Gasteiger partial charge < -0.3 is 18.9 Å². The molecule has 1 atom stereocenters. The number of aromatic nitrogens is 2. The van der Waals surface area contributed by atoms with Crippen LogP contribution in [0, 0.1) is 0 Å². The lowest BCUT2D eigenvalue weighted by atomic mass is 10.2. The molecule has 1 saturated heterocycles. The first-order chi connectivity index (χ1) is 17.3. The number of imidazole rings is 1. The van der Waals surface area contributed by atoms with Gasteiger partial charge >= 0.3 is 6.36 Å². The zero-order valence-electron chi connectivity index (χ0n) is 20.0. The van der Waals surface area contributed by atoms with Crippen molar-refractivity contribution >= 4 is 5.91 Å². The van der Waals surface area contributed by atoms with Crippen LogP contribution >= 0.6 is 0 Å². The summed E-state index contributed by atoms with van der Waals surface area (Å²) in [5.41, 5.74) is 1.21. The van der Waals surface area contributed by atoms with Crippen LogP contribution in [-0.4, -0.2) is 63.9 Å². The molecular weight excluding hydrogens is 473 g/mol. The number of nitrogens with zero attached hydrogens (tertiary/aromatic N) is 4. The van der Waals surface area contributed by atoms with Crippen LogP contribution in [0.3, 0.4) is 0 Å². The fourth-order valence-electron chi connectivity index (χ4n) is 4.20. The van der Waals surface area contributed by atoms with Gasteiger partial charge in [0.1, 0.15) is 17.3 Å². The van der Waals surface area contributed by atoms with Crippen molar-refractivity contribution in [1.82, 2.24) is 19.4 Å². The van der Waals surface area contributed by atoms with E-state index in [9.17, 15) is 18.0 Å². The minimum absolute atomic E-state index is 0.155. The summed E-state index contributed by atoms with van der Waals surface area (Å²) in [4.78, 5) is 21.6. The van der Waals surface area contributed by atoms with Crippen molar-refractivity contribution in [1.29, 1.82) is 0 Å². The topological polar surface area (TPSA) is 59.8 Å². The van der Waals surface area contributed by atoms with Gasteiger partial charge in [0.05, 0.1) is 6.54 Å². The zero-order chi connectivity index (χ0) is 25.5. The molecular formula is C26H29F3N4O3. The molecule has 1 aliphatic rings. The number of alkyl halides is 3. The highest BCUT2D eigenvalue weighted by Crippen LogP contribution is 2.25. The van der Waals surface area contributed by atoms with E-state index in [2.05, 4.69) is 31.3 Å². The lowest BCUT2D eigenvalue weighted by Crippen LogP contribution is -2.42. The average Bonchev–Trinajstić information content (AvgIpc) is 3.13. The van der Waals surface area contributed by atoms with E-state index < -0.39 is 12.5 Å². The Hall–Kier alpha value is -3.53. The molecule has 7 nitrogen and oxygen atoms in total. The molecule has 1 fully saturated rings. The standard InChI is InChI=1S/C26H29F3N4O3/c1-20(35-22-8-10-23(11-9-22)36-26(27,28)29)25(34)32-14-5-13-31(16-17-32)19-24-30-12-15-33(24)18-21-6-3-2-4-7-21/h2-4,6-12,15,20H,5,13-14,16-19H2,1H3. The molecule has 4 rings (SSSR count). The second-order valence-electron chi connectivity index (χ2n) is 8.69. The SMILES string of the molecule is CC(Oc1ccc(OC(F)(F)F)cc1)C(=O)N1CCCN(Cc2nccn2Cc2ccccc2)CC1. The minimum atomic E-state index is -4.76. The Morgan fingerprint density at radius 3 is 2.42 bits per heavy atom. The predicted octanol–water partition coefficient (Wildman–Crippen LogP) is 4.33. The van der Waals surface area contributed by atoms with Gasteiger partial charge in [0.2, 0.25) is 0 Å². The zero-order valence-corrected chi connectivity index (χ0v) is 20.0. The molecule has 10 heteroatoms. The summed E-state index contributed by atoms with van der Waals surface area (Å²) in [6, 6.07) is 15.2. The van der Waals surface area contributed by atoms with E-state index in [4.69, 9.17) is 4.74 Å². The summed E-state index contributed by atoms with van der Waals surface area (Å²) in [7, 11) is 0. The van der Waals surface area contributed by atoms with E-state index in [1.165, 1.54) is 17.7 Å². The summed E-state index contributed by atoms with van der Waals surface area (Å²) in [5, 5.41) is 0. The smallest absolute Gasteiger partial charge is 0.481 e. The lowest BCUT2D eigenvalue weighted by molar-refractivity contribution is -0.274. The molecule has 0 aliphatic carbocycles. The van der Waals surface area contributed by atoms with E-state index in [1.807, 2.05) is 30.6 Å². The second-order valence-corrected chi connectivity index (χ2v) is 8.69. The van der Waals surface area contributed by atoms with E-state index in [0.717, 1.165) is 37.5 Å². The van der Waals surface area contributed by atoms with Gasteiger partial charge in [0.15, 0.2) is 6.10 Å². The number of amides is 1. The molecule has 3 aromatic rings. The van der Waals surface area contributed by atoms with Crippen molar-refractivity contribution in [2.24, 2.45) is 0 Å². The molecule has 2 aromatic carbocycles. The van der Waals surface area contributed by atoms with Crippen molar-refractivity contribution in [3.8, 4) is 11.5 Å². The first-order valence-electron chi connectivity index (χ1n) is 11.8. The Morgan fingerprint density at radius 1 is 0.972 bits per heavy atom.